The van der Waals surface area contributed by atoms with Gasteiger partial charge in [-0.05, 0) is 19.8 Å². The fourth-order valence-electron chi connectivity index (χ4n) is 1.98. The Balaban J connectivity index is 3.54. The van der Waals surface area contributed by atoms with Crippen LogP contribution in [0.3, 0.4) is 0 Å². The topological polar surface area (TPSA) is 52.6 Å². The van der Waals surface area contributed by atoms with Crippen molar-refractivity contribution >= 4 is 11.9 Å². The number of alkyl halides is 1. The molecule has 0 radical (unpaired) electrons. The molecule has 0 fully saturated rings. The van der Waals surface area contributed by atoms with Crippen LogP contribution in [0.2, 0.25) is 0 Å². The highest BCUT2D eigenvalue weighted by Gasteiger charge is 2.12. The van der Waals surface area contributed by atoms with Crippen LogP contribution in [-0.2, 0) is 19.1 Å². The van der Waals surface area contributed by atoms with E-state index in [0.29, 0.717) is 0 Å². The van der Waals surface area contributed by atoms with E-state index in [1.54, 1.807) is 0 Å². The van der Waals surface area contributed by atoms with Gasteiger partial charge in [-0.25, -0.2) is 4.39 Å². The molecule has 0 aromatic heterocycles. The van der Waals surface area contributed by atoms with Crippen molar-refractivity contribution in [1.82, 2.24) is 0 Å². The van der Waals surface area contributed by atoms with Crippen LogP contribution in [0, 0.1) is 0 Å². The smallest absolute Gasteiger partial charge is 0.306 e. The lowest BCUT2D eigenvalue weighted by Gasteiger charge is -2.13. The third-order valence-electron chi connectivity index (χ3n) is 3.17. The van der Waals surface area contributed by atoms with Crippen molar-refractivity contribution in [2.75, 3.05) is 13.3 Å². The van der Waals surface area contributed by atoms with E-state index >= 15 is 0 Å². The number of ether oxygens (including phenoxy) is 2. The lowest BCUT2D eigenvalue weighted by Crippen LogP contribution is -2.16. The minimum absolute atomic E-state index is 0.00798. The lowest BCUT2D eigenvalue weighted by atomic mass is 10.1. The molecule has 0 spiro atoms. The summed E-state index contributed by atoms with van der Waals surface area (Å²) in [5.74, 6) is -0.959. The molecule has 0 N–H and O–H groups in total. The molecule has 0 rings (SSSR count). The summed E-state index contributed by atoms with van der Waals surface area (Å²) in [7, 11) is 0. The average molecular weight is 304 g/mol. The van der Waals surface area contributed by atoms with Gasteiger partial charge in [0, 0.05) is 0 Å². The molecule has 0 aromatic carbocycles. The van der Waals surface area contributed by atoms with Gasteiger partial charge in [0.1, 0.15) is 13.3 Å². The Morgan fingerprint density at radius 3 is 2.29 bits per heavy atom. The summed E-state index contributed by atoms with van der Waals surface area (Å²) in [6, 6.07) is 0. The monoisotopic (exact) mass is 304 g/mol. The van der Waals surface area contributed by atoms with Crippen LogP contribution in [0.4, 0.5) is 4.39 Å². The maximum absolute atomic E-state index is 11.8. The van der Waals surface area contributed by atoms with Gasteiger partial charge in [0.25, 0.3) is 0 Å². The second-order valence-corrected chi connectivity index (χ2v) is 5.27. The van der Waals surface area contributed by atoms with Crippen LogP contribution >= 0.6 is 0 Å². The summed E-state index contributed by atoms with van der Waals surface area (Å²) in [5, 5.41) is 0. The number of carbonyl (C=O) groups is 2. The normalized spacial score (nSPS) is 12.0. The van der Waals surface area contributed by atoms with Gasteiger partial charge in [-0.2, -0.15) is 0 Å². The van der Waals surface area contributed by atoms with Crippen molar-refractivity contribution in [3.63, 3.8) is 0 Å². The van der Waals surface area contributed by atoms with Crippen molar-refractivity contribution in [2.45, 2.75) is 77.7 Å². The molecule has 5 heteroatoms. The van der Waals surface area contributed by atoms with Crippen molar-refractivity contribution in [2.24, 2.45) is 0 Å². The quantitative estimate of drug-likeness (QED) is 0.382. The number of hydrogen-bond donors (Lipinski definition) is 0. The molecule has 0 aliphatic rings. The first-order valence-corrected chi connectivity index (χ1v) is 8.01. The number of unbranched alkanes of at least 4 members (excludes halogenated alkanes) is 5. The lowest BCUT2D eigenvalue weighted by molar-refractivity contribution is -0.153. The summed E-state index contributed by atoms with van der Waals surface area (Å²) in [4.78, 5) is 22.6. The van der Waals surface area contributed by atoms with Crippen LogP contribution in [0.25, 0.3) is 0 Å². The molecule has 0 aromatic rings. The maximum Gasteiger partial charge on any atom is 0.306 e. The van der Waals surface area contributed by atoms with E-state index in [9.17, 15) is 14.0 Å². The van der Waals surface area contributed by atoms with Gasteiger partial charge in [0.05, 0.1) is 18.9 Å². The number of esters is 2. The van der Waals surface area contributed by atoms with Crippen LogP contribution in [0.5, 0.6) is 0 Å². The highest BCUT2D eigenvalue weighted by atomic mass is 19.1. The second-order valence-electron chi connectivity index (χ2n) is 5.27. The van der Waals surface area contributed by atoms with E-state index in [1.807, 2.05) is 6.92 Å². The molecule has 0 heterocycles. The Morgan fingerprint density at radius 1 is 1.00 bits per heavy atom. The fourth-order valence-corrected chi connectivity index (χ4v) is 1.98. The standard InChI is InChI=1S/C16H29FO4/c1-3-4-5-6-7-8-9-14(2)21-16(19)11-10-15(18)20-13-12-17/h14H,3-13H2,1-2H3. The van der Waals surface area contributed by atoms with Gasteiger partial charge in [0.15, 0.2) is 0 Å². The van der Waals surface area contributed by atoms with Crippen molar-refractivity contribution in [1.29, 1.82) is 0 Å². The molecular weight excluding hydrogens is 275 g/mol. The Morgan fingerprint density at radius 2 is 1.62 bits per heavy atom. The molecule has 21 heavy (non-hydrogen) atoms. The molecule has 0 aliphatic heterocycles. The molecule has 1 unspecified atom stereocenters. The van der Waals surface area contributed by atoms with Gasteiger partial charge in [-0.15, -0.1) is 0 Å². The third kappa shape index (κ3) is 13.6. The summed E-state index contributed by atoms with van der Waals surface area (Å²) in [5.41, 5.74) is 0. The largest absolute Gasteiger partial charge is 0.463 e. The molecular formula is C16H29FO4. The van der Waals surface area contributed by atoms with Gasteiger partial charge < -0.3 is 9.47 Å². The van der Waals surface area contributed by atoms with E-state index in [0.717, 1.165) is 19.3 Å². The Hall–Kier alpha value is -1.13. The van der Waals surface area contributed by atoms with Crippen molar-refractivity contribution in [3.8, 4) is 0 Å². The molecule has 0 aliphatic carbocycles. The fraction of sp³-hybridized carbons (Fsp3) is 0.875. The SMILES string of the molecule is CCCCCCCCC(C)OC(=O)CCC(=O)OCCF. The number of rotatable bonds is 13. The predicted octanol–water partition coefficient (Wildman–Crippen LogP) is 3.96. The van der Waals surface area contributed by atoms with Gasteiger partial charge in [0.2, 0.25) is 0 Å². The third-order valence-corrected chi connectivity index (χ3v) is 3.17. The second kappa shape index (κ2) is 13.8. The molecule has 0 saturated carbocycles. The number of carbonyl (C=O) groups excluding carboxylic acids is 2. The Bertz CT molecular complexity index is 281. The highest BCUT2D eigenvalue weighted by Crippen LogP contribution is 2.11. The number of halogens is 1. The first-order valence-electron chi connectivity index (χ1n) is 8.01. The zero-order valence-corrected chi connectivity index (χ0v) is 13.4. The van der Waals surface area contributed by atoms with Gasteiger partial charge in [-0.3, -0.25) is 9.59 Å². The predicted molar refractivity (Wildman–Crippen MR) is 79.7 cm³/mol. The van der Waals surface area contributed by atoms with Gasteiger partial charge in [-0.1, -0.05) is 39.0 Å². The van der Waals surface area contributed by atoms with E-state index < -0.39 is 18.6 Å². The minimum atomic E-state index is -0.703. The van der Waals surface area contributed by atoms with E-state index in [4.69, 9.17) is 4.74 Å². The summed E-state index contributed by atoms with van der Waals surface area (Å²) < 4.78 is 21.5. The minimum Gasteiger partial charge on any atom is -0.463 e. The zero-order chi connectivity index (χ0) is 15.9. The van der Waals surface area contributed by atoms with Crippen LogP contribution in [0.15, 0.2) is 0 Å². The van der Waals surface area contributed by atoms with E-state index in [2.05, 4.69) is 11.7 Å². The Labute approximate surface area is 127 Å². The summed E-state index contributed by atoms with van der Waals surface area (Å²) >= 11 is 0. The first-order chi connectivity index (χ1) is 10.1. The molecule has 0 amide bonds. The van der Waals surface area contributed by atoms with E-state index in [-0.39, 0.29) is 25.6 Å². The number of hydrogen-bond acceptors (Lipinski definition) is 4. The average Bonchev–Trinajstić information content (AvgIpc) is 2.46. The van der Waals surface area contributed by atoms with Crippen LogP contribution in [0.1, 0.15) is 71.6 Å². The van der Waals surface area contributed by atoms with Crippen LogP contribution < -0.4 is 0 Å². The van der Waals surface area contributed by atoms with Crippen molar-refractivity contribution in [3.05, 3.63) is 0 Å². The summed E-state index contributed by atoms with van der Waals surface area (Å²) in [6.45, 7) is 3.11. The van der Waals surface area contributed by atoms with Crippen LogP contribution in [-0.4, -0.2) is 31.3 Å². The van der Waals surface area contributed by atoms with Crippen molar-refractivity contribution < 1.29 is 23.5 Å². The van der Waals surface area contributed by atoms with Gasteiger partial charge >= 0.3 is 11.9 Å². The molecule has 1 atom stereocenters. The zero-order valence-electron chi connectivity index (χ0n) is 13.4. The highest BCUT2D eigenvalue weighted by molar-refractivity contribution is 5.77. The van der Waals surface area contributed by atoms with E-state index in [1.165, 1.54) is 25.7 Å². The molecule has 0 saturated heterocycles. The summed E-state index contributed by atoms with van der Waals surface area (Å²) in [6.07, 6.45) is 7.91. The molecule has 4 nitrogen and oxygen atoms in total. The molecule has 0 bridgehead atoms. The first kappa shape index (κ1) is 19.9. The Kier molecular flexibility index (Phi) is 13.1. The maximum atomic E-state index is 11.8. The molecule has 124 valence electrons.